The lowest BCUT2D eigenvalue weighted by atomic mass is 10.2. The molecule has 20 heavy (non-hydrogen) atoms. The molecule has 2 aromatic rings. The molecular formula is C15H17N3O2. The van der Waals surface area contributed by atoms with Crippen molar-refractivity contribution in [2.45, 2.75) is 19.8 Å². The number of carbonyl (C=O) groups is 1. The number of anilines is 2. The van der Waals surface area contributed by atoms with Gasteiger partial charge in [-0.15, -0.1) is 0 Å². The van der Waals surface area contributed by atoms with E-state index in [2.05, 4.69) is 15.4 Å². The second kappa shape index (κ2) is 5.36. The summed E-state index contributed by atoms with van der Waals surface area (Å²) in [4.78, 5) is 14.4. The lowest BCUT2D eigenvalue weighted by Gasteiger charge is -2.17. The minimum atomic E-state index is -0.175. The van der Waals surface area contributed by atoms with Crippen LogP contribution >= 0.6 is 0 Å². The monoisotopic (exact) mass is 271 g/mol. The van der Waals surface area contributed by atoms with Crippen LogP contribution in [0.4, 0.5) is 11.5 Å². The smallest absolute Gasteiger partial charge is 0.256 e. The second-order valence-electron chi connectivity index (χ2n) is 5.02. The van der Waals surface area contributed by atoms with Crippen molar-refractivity contribution in [1.29, 1.82) is 0 Å². The fraction of sp³-hybridized carbons (Fsp3) is 0.333. The molecule has 1 aromatic heterocycles. The summed E-state index contributed by atoms with van der Waals surface area (Å²) in [6.45, 7) is 3.99. The van der Waals surface area contributed by atoms with Crippen molar-refractivity contribution >= 4 is 17.4 Å². The van der Waals surface area contributed by atoms with Gasteiger partial charge in [0.05, 0.1) is 0 Å². The van der Waals surface area contributed by atoms with Gasteiger partial charge >= 0.3 is 0 Å². The Hall–Kier alpha value is -2.30. The summed E-state index contributed by atoms with van der Waals surface area (Å²) in [7, 11) is 0. The number of aromatic nitrogens is 1. The van der Waals surface area contributed by atoms with Crippen LogP contribution in [0.25, 0.3) is 0 Å². The van der Waals surface area contributed by atoms with Crippen LogP contribution < -0.4 is 10.2 Å². The van der Waals surface area contributed by atoms with E-state index >= 15 is 0 Å². The van der Waals surface area contributed by atoms with Crippen LogP contribution in [0.3, 0.4) is 0 Å². The van der Waals surface area contributed by atoms with Crippen molar-refractivity contribution in [3.8, 4) is 0 Å². The first-order valence-corrected chi connectivity index (χ1v) is 6.82. The Morgan fingerprint density at radius 3 is 2.55 bits per heavy atom. The van der Waals surface area contributed by atoms with Gasteiger partial charge < -0.3 is 14.7 Å². The second-order valence-corrected chi connectivity index (χ2v) is 5.02. The first kappa shape index (κ1) is 12.7. The predicted octanol–water partition coefficient (Wildman–Crippen LogP) is 2.84. The van der Waals surface area contributed by atoms with Gasteiger partial charge in [0.2, 0.25) is 0 Å². The van der Waals surface area contributed by atoms with Gasteiger partial charge in [-0.2, -0.15) is 0 Å². The van der Waals surface area contributed by atoms with Crippen LogP contribution in [0.5, 0.6) is 0 Å². The topological polar surface area (TPSA) is 58.4 Å². The molecule has 0 unspecified atom stereocenters. The number of hydrogen-bond donors (Lipinski definition) is 1. The molecular weight excluding hydrogens is 254 g/mol. The third-order valence-corrected chi connectivity index (χ3v) is 3.47. The minimum Gasteiger partial charge on any atom is -0.372 e. The molecule has 0 aliphatic carbocycles. The zero-order valence-corrected chi connectivity index (χ0v) is 11.4. The highest BCUT2D eigenvalue weighted by Gasteiger charge is 2.13. The molecule has 1 fully saturated rings. The van der Waals surface area contributed by atoms with Crippen LogP contribution in [0.15, 0.2) is 34.9 Å². The molecule has 1 N–H and O–H groups in total. The maximum atomic E-state index is 12.0. The summed E-state index contributed by atoms with van der Waals surface area (Å²) in [5.74, 6) is 0.937. The van der Waals surface area contributed by atoms with Crippen molar-refractivity contribution < 1.29 is 9.32 Å². The molecule has 0 atom stereocenters. The van der Waals surface area contributed by atoms with Crippen molar-refractivity contribution in [2.24, 2.45) is 0 Å². The number of carbonyl (C=O) groups excluding carboxylic acids is 1. The molecule has 1 aromatic carbocycles. The highest BCUT2D eigenvalue weighted by Crippen LogP contribution is 2.20. The summed E-state index contributed by atoms with van der Waals surface area (Å²) in [5, 5.41) is 6.46. The Labute approximate surface area is 117 Å². The van der Waals surface area contributed by atoms with Crippen molar-refractivity contribution in [2.75, 3.05) is 23.3 Å². The first-order chi connectivity index (χ1) is 9.72. The van der Waals surface area contributed by atoms with E-state index in [1.54, 1.807) is 13.0 Å². The maximum absolute atomic E-state index is 12.0. The number of hydrogen-bond acceptors (Lipinski definition) is 4. The molecule has 5 nitrogen and oxygen atoms in total. The quantitative estimate of drug-likeness (QED) is 0.932. The Morgan fingerprint density at radius 1 is 1.25 bits per heavy atom. The van der Waals surface area contributed by atoms with Crippen molar-refractivity contribution in [3.63, 3.8) is 0 Å². The van der Waals surface area contributed by atoms with Gasteiger partial charge in [0.1, 0.15) is 5.76 Å². The van der Waals surface area contributed by atoms with Gasteiger partial charge in [-0.1, -0.05) is 5.16 Å². The molecule has 1 aliphatic heterocycles. The van der Waals surface area contributed by atoms with E-state index in [1.807, 2.05) is 24.3 Å². The summed E-state index contributed by atoms with van der Waals surface area (Å²) in [6, 6.07) is 9.37. The number of benzene rings is 1. The molecule has 1 saturated heterocycles. The molecule has 1 amide bonds. The van der Waals surface area contributed by atoms with Gasteiger partial charge in [-0.3, -0.25) is 4.79 Å². The molecule has 1 aliphatic rings. The summed E-state index contributed by atoms with van der Waals surface area (Å²) in [5.41, 5.74) is 1.80. The molecule has 0 saturated carbocycles. The Kier molecular flexibility index (Phi) is 3.41. The summed E-state index contributed by atoms with van der Waals surface area (Å²) in [6.07, 6.45) is 2.49. The molecule has 0 bridgehead atoms. The lowest BCUT2D eigenvalue weighted by molar-refractivity contribution is 0.102. The zero-order chi connectivity index (χ0) is 13.9. The summed E-state index contributed by atoms with van der Waals surface area (Å²) >= 11 is 0. The normalized spacial score (nSPS) is 14.6. The van der Waals surface area contributed by atoms with Gasteiger partial charge in [0.25, 0.3) is 5.91 Å². The fourth-order valence-corrected chi connectivity index (χ4v) is 2.41. The van der Waals surface area contributed by atoms with Crippen LogP contribution in [0.2, 0.25) is 0 Å². The average Bonchev–Trinajstić information content (AvgIpc) is 3.11. The first-order valence-electron chi connectivity index (χ1n) is 6.82. The Balaban J connectivity index is 1.68. The molecule has 0 radical (unpaired) electrons. The maximum Gasteiger partial charge on any atom is 0.256 e. The third-order valence-electron chi connectivity index (χ3n) is 3.47. The van der Waals surface area contributed by atoms with E-state index in [-0.39, 0.29) is 5.91 Å². The minimum absolute atomic E-state index is 0.175. The van der Waals surface area contributed by atoms with Crippen LogP contribution in [0, 0.1) is 6.92 Å². The number of aryl methyl sites for hydroxylation is 1. The van der Waals surface area contributed by atoms with Gasteiger partial charge in [-0.05, 0) is 44.0 Å². The van der Waals surface area contributed by atoms with E-state index < -0.39 is 0 Å². The van der Waals surface area contributed by atoms with E-state index in [0.717, 1.165) is 13.1 Å². The largest absolute Gasteiger partial charge is 0.372 e. The van der Waals surface area contributed by atoms with Gasteiger partial charge in [-0.25, -0.2) is 0 Å². The number of amides is 1. The Morgan fingerprint density at radius 2 is 1.95 bits per heavy atom. The lowest BCUT2D eigenvalue weighted by Crippen LogP contribution is -2.18. The van der Waals surface area contributed by atoms with Crippen molar-refractivity contribution in [1.82, 2.24) is 5.16 Å². The third kappa shape index (κ3) is 2.66. The molecule has 5 heteroatoms. The molecule has 3 rings (SSSR count). The van der Waals surface area contributed by atoms with Crippen LogP contribution in [0.1, 0.15) is 29.0 Å². The van der Waals surface area contributed by atoms with Crippen LogP contribution in [-0.2, 0) is 0 Å². The Bertz CT molecular complexity index is 598. The average molecular weight is 271 g/mol. The number of nitrogens with one attached hydrogen (secondary N) is 1. The van der Waals surface area contributed by atoms with E-state index in [9.17, 15) is 4.79 Å². The molecule has 2 heterocycles. The highest BCUT2D eigenvalue weighted by molar-refractivity contribution is 6.03. The van der Waals surface area contributed by atoms with Crippen molar-refractivity contribution in [3.05, 3.63) is 41.7 Å². The van der Waals surface area contributed by atoms with E-state index in [1.165, 1.54) is 18.5 Å². The van der Waals surface area contributed by atoms with E-state index in [4.69, 9.17) is 4.52 Å². The highest BCUT2D eigenvalue weighted by atomic mass is 16.5. The fourth-order valence-electron chi connectivity index (χ4n) is 2.41. The predicted molar refractivity (Wildman–Crippen MR) is 77.1 cm³/mol. The van der Waals surface area contributed by atoms with E-state index in [0.29, 0.717) is 17.1 Å². The molecule has 0 spiro atoms. The number of nitrogens with zero attached hydrogens (tertiary/aromatic N) is 2. The number of rotatable bonds is 3. The molecule has 104 valence electrons. The zero-order valence-electron chi connectivity index (χ0n) is 11.4. The van der Waals surface area contributed by atoms with Gasteiger partial charge in [0.15, 0.2) is 5.82 Å². The summed E-state index contributed by atoms with van der Waals surface area (Å²) < 4.78 is 4.92. The standard InChI is InChI=1S/C15H17N3O2/c1-11-10-14(17-20-11)16-15(19)12-4-6-13(7-5-12)18-8-2-3-9-18/h4-7,10H,2-3,8-9H2,1H3,(H,16,17,19). The SMILES string of the molecule is Cc1cc(NC(=O)c2ccc(N3CCCC3)cc2)no1. The van der Waals surface area contributed by atoms with Crippen LogP contribution in [-0.4, -0.2) is 24.2 Å². The van der Waals surface area contributed by atoms with Gasteiger partial charge in [0, 0.05) is 30.4 Å².